The molecule has 0 rings (SSSR count). The fraction of sp³-hybridized carbons (Fsp3) is 0.786. The van der Waals surface area contributed by atoms with Crippen molar-refractivity contribution in [3.8, 4) is 0 Å². The molecule has 0 amide bonds. The summed E-state index contributed by atoms with van der Waals surface area (Å²) in [5.74, 6) is -0.148. The Balaban J connectivity index is 3.51. The monoisotopic (exact) mass is 226 g/mol. The topological polar surface area (TPSA) is 26.3 Å². The van der Waals surface area contributed by atoms with Gasteiger partial charge in [-0.1, -0.05) is 32.3 Å². The zero-order valence-corrected chi connectivity index (χ0v) is 10.8. The molecule has 0 aliphatic rings. The van der Waals surface area contributed by atoms with Crippen LogP contribution in [-0.2, 0) is 9.53 Å². The summed E-state index contributed by atoms with van der Waals surface area (Å²) in [5.41, 5.74) is 0. The number of unbranched alkanes of at least 4 members (excludes halogenated alkanes) is 4. The van der Waals surface area contributed by atoms with E-state index < -0.39 is 0 Å². The molecule has 0 aliphatic carbocycles. The second-order valence-electron chi connectivity index (χ2n) is 4.30. The molecule has 0 aromatic carbocycles. The van der Waals surface area contributed by atoms with Crippen molar-refractivity contribution >= 4 is 5.97 Å². The normalized spacial score (nSPS) is 12.1. The standard InChI is InChI=1S/C14H26O2/c1-4-6-7-8-9-10-12-14(11-5-2)16-13(3)15/h4,14H,1,5-12H2,2-3H3. The van der Waals surface area contributed by atoms with Crippen LogP contribution in [0.3, 0.4) is 0 Å². The molecule has 94 valence electrons. The average Bonchev–Trinajstić information content (AvgIpc) is 2.22. The molecule has 2 heteroatoms. The van der Waals surface area contributed by atoms with Gasteiger partial charge in [-0.25, -0.2) is 0 Å². The second-order valence-corrected chi connectivity index (χ2v) is 4.30. The molecule has 0 saturated carbocycles. The van der Waals surface area contributed by atoms with E-state index in [1.165, 1.54) is 26.2 Å². The van der Waals surface area contributed by atoms with E-state index in [0.29, 0.717) is 0 Å². The third-order valence-electron chi connectivity index (χ3n) is 2.63. The molecule has 0 fully saturated rings. The number of rotatable bonds is 10. The van der Waals surface area contributed by atoms with Crippen molar-refractivity contribution in [2.75, 3.05) is 0 Å². The van der Waals surface area contributed by atoms with Crippen LogP contribution in [0.5, 0.6) is 0 Å². The Morgan fingerprint density at radius 1 is 1.25 bits per heavy atom. The van der Waals surface area contributed by atoms with Crippen LogP contribution in [0.4, 0.5) is 0 Å². The summed E-state index contributed by atoms with van der Waals surface area (Å²) in [6.07, 6.45) is 11.2. The fourth-order valence-electron chi connectivity index (χ4n) is 1.83. The highest BCUT2D eigenvalue weighted by atomic mass is 16.5. The van der Waals surface area contributed by atoms with Gasteiger partial charge in [0, 0.05) is 6.92 Å². The molecule has 16 heavy (non-hydrogen) atoms. The van der Waals surface area contributed by atoms with Crippen molar-refractivity contribution in [2.24, 2.45) is 0 Å². The van der Waals surface area contributed by atoms with E-state index >= 15 is 0 Å². The van der Waals surface area contributed by atoms with Gasteiger partial charge in [-0.15, -0.1) is 6.58 Å². The summed E-state index contributed by atoms with van der Waals surface area (Å²) in [7, 11) is 0. The molecule has 1 unspecified atom stereocenters. The Hall–Kier alpha value is -0.790. The number of carbonyl (C=O) groups is 1. The molecule has 0 aromatic rings. The van der Waals surface area contributed by atoms with Crippen molar-refractivity contribution in [1.29, 1.82) is 0 Å². The fourth-order valence-corrected chi connectivity index (χ4v) is 1.83. The molecule has 0 aliphatic heterocycles. The number of carbonyl (C=O) groups excluding carboxylic acids is 1. The van der Waals surface area contributed by atoms with Gasteiger partial charge in [-0.05, 0) is 32.1 Å². The highest BCUT2D eigenvalue weighted by Crippen LogP contribution is 2.13. The summed E-state index contributed by atoms with van der Waals surface area (Å²) in [6.45, 7) is 7.32. The molecule has 0 aromatic heterocycles. The maximum Gasteiger partial charge on any atom is 0.302 e. The molecule has 0 heterocycles. The SMILES string of the molecule is C=CCCCCCCC(CCC)OC(C)=O. The number of hydrogen-bond donors (Lipinski definition) is 0. The lowest BCUT2D eigenvalue weighted by Gasteiger charge is -2.15. The largest absolute Gasteiger partial charge is 0.463 e. The molecular weight excluding hydrogens is 200 g/mol. The van der Waals surface area contributed by atoms with Gasteiger partial charge < -0.3 is 4.74 Å². The van der Waals surface area contributed by atoms with Crippen molar-refractivity contribution < 1.29 is 9.53 Å². The first-order valence-electron chi connectivity index (χ1n) is 6.48. The first-order valence-corrected chi connectivity index (χ1v) is 6.48. The van der Waals surface area contributed by atoms with Crippen molar-refractivity contribution in [1.82, 2.24) is 0 Å². The molecule has 1 atom stereocenters. The van der Waals surface area contributed by atoms with E-state index in [1.807, 2.05) is 6.08 Å². The van der Waals surface area contributed by atoms with Gasteiger partial charge in [0.15, 0.2) is 0 Å². The Morgan fingerprint density at radius 3 is 2.50 bits per heavy atom. The van der Waals surface area contributed by atoms with Crippen LogP contribution < -0.4 is 0 Å². The minimum Gasteiger partial charge on any atom is -0.463 e. The minimum atomic E-state index is -0.148. The summed E-state index contributed by atoms with van der Waals surface area (Å²) in [4.78, 5) is 10.9. The van der Waals surface area contributed by atoms with Crippen LogP contribution in [0.25, 0.3) is 0 Å². The van der Waals surface area contributed by atoms with Gasteiger partial charge >= 0.3 is 5.97 Å². The Labute approximate surface area is 100 Å². The number of esters is 1. The van der Waals surface area contributed by atoms with Crippen LogP contribution in [0.1, 0.15) is 65.2 Å². The Morgan fingerprint density at radius 2 is 1.94 bits per heavy atom. The Kier molecular flexibility index (Phi) is 10.2. The zero-order chi connectivity index (χ0) is 12.2. The van der Waals surface area contributed by atoms with Crippen LogP contribution in [0.2, 0.25) is 0 Å². The highest BCUT2D eigenvalue weighted by Gasteiger charge is 2.09. The van der Waals surface area contributed by atoms with Crippen LogP contribution in [0.15, 0.2) is 12.7 Å². The molecule has 0 saturated heterocycles. The molecular formula is C14H26O2. The van der Waals surface area contributed by atoms with Crippen molar-refractivity contribution in [2.45, 2.75) is 71.3 Å². The first kappa shape index (κ1) is 15.2. The zero-order valence-electron chi connectivity index (χ0n) is 10.8. The van der Waals surface area contributed by atoms with Gasteiger partial charge in [0.1, 0.15) is 6.10 Å². The van der Waals surface area contributed by atoms with Crippen molar-refractivity contribution in [3.63, 3.8) is 0 Å². The van der Waals surface area contributed by atoms with E-state index in [2.05, 4.69) is 13.5 Å². The van der Waals surface area contributed by atoms with E-state index in [0.717, 1.165) is 32.1 Å². The van der Waals surface area contributed by atoms with Crippen LogP contribution >= 0.6 is 0 Å². The van der Waals surface area contributed by atoms with Crippen LogP contribution in [-0.4, -0.2) is 12.1 Å². The average molecular weight is 226 g/mol. The summed E-state index contributed by atoms with van der Waals surface area (Å²) < 4.78 is 5.26. The lowest BCUT2D eigenvalue weighted by molar-refractivity contribution is -0.147. The molecule has 0 N–H and O–H groups in total. The predicted octanol–water partition coefficient (Wildman–Crippen LogP) is 4.24. The molecule has 0 bridgehead atoms. The summed E-state index contributed by atoms with van der Waals surface area (Å²) in [5, 5.41) is 0. The van der Waals surface area contributed by atoms with Gasteiger partial charge in [0.2, 0.25) is 0 Å². The smallest absolute Gasteiger partial charge is 0.302 e. The lowest BCUT2D eigenvalue weighted by Crippen LogP contribution is -2.15. The Bertz CT molecular complexity index is 187. The minimum absolute atomic E-state index is 0.141. The third-order valence-corrected chi connectivity index (χ3v) is 2.63. The molecule has 2 nitrogen and oxygen atoms in total. The number of allylic oxidation sites excluding steroid dienone is 1. The molecule has 0 spiro atoms. The van der Waals surface area contributed by atoms with E-state index in [9.17, 15) is 4.79 Å². The third kappa shape index (κ3) is 9.75. The first-order chi connectivity index (χ1) is 7.70. The summed E-state index contributed by atoms with van der Waals surface area (Å²) >= 11 is 0. The lowest BCUT2D eigenvalue weighted by atomic mass is 10.0. The van der Waals surface area contributed by atoms with E-state index in [4.69, 9.17) is 4.74 Å². The highest BCUT2D eigenvalue weighted by molar-refractivity contribution is 5.66. The second kappa shape index (κ2) is 10.7. The maximum absolute atomic E-state index is 10.9. The summed E-state index contributed by atoms with van der Waals surface area (Å²) in [6, 6.07) is 0. The number of hydrogen-bond acceptors (Lipinski definition) is 2. The van der Waals surface area contributed by atoms with Crippen molar-refractivity contribution in [3.05, 3.63) is 12.7 Å². The quantitative estimate of drug-likeness (QED) is 0.316. The van der Waals surface area contributed by atoms with Gasteiger partial charge in [0.25, 0.3) is 0 Å². The van der Waals surface area contributed by atoms with Crippen LogP contribution in [0, 0.1) is 0 Å². The van der Waals surface area contributed by atoms with Gasteiger partial charge in [-0.3, -0.25) is 4.79 Å². The maximum atomic E-state index is 10.9. The van der Waals surface area contributed by atoms with E-state index in [-0.39, 0.29) is 12.1 Å². The molecule has 0 radical (unpaired) electrons. The van der Waals surface area contributed by atoms with E-state index in [1.54, 1.807) is 0 Å². The number of ether oxygens (including phenoxy) is 1. The predicted molar refractivity (Wildman–Crippen MR) is 68.4 cm³/mol. The van der Waals surface area contributed by atoms with Gasteiger partial charge in [0.05, 0.1) is 0 Å². The van der Waals surface area contributed by atoms with Gasteiger partial charge in [-0.2, -0.15) is 0 Å².